The Kier molecular flexibility index (Phi) is 4.35. The maximum absolute atomic E-state index is 13.5. The van der Waals surface area contributed by atoms with Crippen LogP contribution in [0, 0.1) is 12.7 Å². The number of aryl methyl sites for hydroxylation is 1. The second-order valence-electron chi connectivity index (χ2n) is 4.55. The summed E-state index contributed by atoms with van der Waals surface area (Å²) in [6, 6.07) is 7.79. The van der Waals surface area contributed by atoms with Gasteiger partial charge in [0.05, 0.1) is 11.6 Å². The van der Waals surface area contributed by atoms with Crippen molar-refractivity contribution in [2.24, 2.45) is 0 Å². The lowest BCUT2D eigenvalue weighted by atomic mass is 10.1. The monoisotopic (exact) mass is 292 g/mol. The number of pyridine rings is 1. The first-order valence-corrected chi connectivity index (χ1v) is 6.54. The molecule has 1 aromatic carbocycles. The van der Waals surface area contributed by atoms with Gasteiger partial charge in [-0.25, -0.2) is 9.37 Å². The van der Waals surface area contributed by atoms with Gasteiger partial charge in [0.2, 0.25) is 0 Å². The summed E-state index contributed by atoms with van der Waals surface area (Å²) in [5, 5.41) is 2.92. The van der Waals surface area contributed by atoms with E-state index in [1.165, 1.54) is 12.3 Å². The van der Waals surface area contributed by atoms with Crippen LogP contribution in [0.3, 0.4) is 0 Å². The van der Waals surface area contributed by atoms with Gasteiger partial charge in [-0.3, -0.25) is 4.79 Å². The van der Waals surface area contributed by atoms with Crippen LogP contribution < -0.4 is 5.32 Å². The highest BCUT2D eigenvalue weighted by atomic mass is 35.5. The van der Waals surface area contributed by atoms with Crippen molar-refractivity contribution in [1.29, 1.82) is 0 Å². The molecule has 0 radical (unpaired) electrons. The Labute approximate surface area is 121 Å². The van der Waals surface area contributed by atoms with Crippen molar-refractivity contribution >= 4 is 17.5 Å². The molecule has 0 fully saturated rings. The third kappa shape index (κ3) is 3.14. The Balaban J connectivity index is 2.15. The normalized spacial score (nSPS) is 12.0. The number of nitrogens with one attached hydrogen (secondary N) is 1. The maximum atomic E-state index is 13.5. The zero-order valence-electron chi connectivity index (χ0n) is 11.2. The van der Waals surface area contributed by atoms with Crippen LogP contribution in [0.5, 0.6) is 0 Å². The van der Waals surface area contributed by atoms with E-state index < -0.39 is 0 Å². The van der Waals surface area contributed by atoms with Crippen molar-refractivity contribution in [2.75, 3.05) is 0 Å². The molecule has 104 valence electrons. The maximum Gasteiger partial charge on any atom is 0.254 e. The van der Waals surface area contributed by atoms with E-state index in [0.717, 1.165) is 0 Å². The lowest BCUT2D eigenvalue weighted by Crippen LogP contribution is -2.27. The molecule has 3 nitrogen and oxygen atoms in total. The molecule has 1 atom stereocenters. The molecule has 1 heterocycles. The van der Waals surface area contributed by atoms with Gasteiger partial charge in [0, 0.05) is 6.20 Å². The van der Waals surface area contributed by atoms with Crippen molar-refractivity contribution < 1.29 is 9.18 Å². The first-order chi connectivity index (χ1) is 9.49. The first kappa shape index (κ1) is 14.5. The largest absolute Gasteiger partial charge is 0.345 e. The molecule has 1 unspecified atom stereocenters. The van der Waals surface area contributed by atoms with E-state index in [2.05, 4.69) is 10.3 Å². The van der Waals surface area contributed by atoms with Crippen molar-refractivity contribution in [3.63, 3.8) is 0 Å². The summed E-state index contributed by atoms with van der Waals surface area (Å²) in [6.07, 6.45) is 1.51. The van der Waals surface area contributed by atoms with E-state index in [1.807, 2.05) is 0 Å². The van der Waals surface area contributed by atoms with Crippen LogP contribution in [0.15, 0.2) is 36.5 Å². The smallest absolute Gasteiger partial charge is 0.254 e. The number of halogens is 2. The molecule has 2 rings (SSSR count). The van der Waals surface area contributed by atoms with Crippen molar-refractivity contribution in [1.82, 2.24) is 10.3 Å². The summed E-state index contributed by atoms with van der Waals surface area (Å²) in [6.45, 7) is 3.48. The summed E-state index contributed by atoms with van der Waals surface area (Å²) in [4.78, 5) is 15.9. The summed E-state index contributed by atoms with van der Waals surface area (Å²) in [5.74, 6) is -0.625. The molecule has 0 saturated heterocycles. The molecule has 0 saturated carbocycles. The van der Waals surface area contributed by atoms with E-state index in [-0.39, 0.29) is 22.9 Å². The minimum absolute atomic E-state index is 0.146. The Hall–Kier alpha value is -1.94. The van der Waals surface area contributed by atoms with Crippen molar-refractivity contribution in [2.45, 2.75) is 19.9 Å². The van der Waals surface area contributed by atoms with Crippen LogP contribution in [0.4, 0.5) is 4.39 Å². The number of hydrogen-bond donors (Lipinski definition) is 1. The fourth-order valence-electron chi connectivity index (χ4n) is 1.79. The van der Waals surface area contributed by atoms with E-state index in [4.69, 9.17) is 11.6 Å². The van der Waals surface area contributed by atoms with Crippen LogP contribution >= 0.6 is 11.6 Å². The number of aromatic nitrogens is 1. The second-order valence-corrected chi connectivity index (χ2v) is 4.90. The average molecular weight is 293 g/mol. The van der Waals surface area contributed by atoms with Gasteiger partial charge < -0.3 is 5.32 Å². The molecule has 1 aromatic heterocycles. The van der Waals surface area contributed by atoms with Crippen LogP contribution in [-0.2, 0) is 0 Å². The van der Waals surface area contributed by atoms with Crippen LogP contribution in [-0.4, -0.2) is 10.9 Å². The summed E-state index contributed by atoms with van der Waals surface area (Å²) < 4.78 is 13.5. The van der Waals surface area contributed by atoms with Crippen LogP contribution in [0.25, 0.3) is 0 Å². The first-order valence-electron chi connectivity index (χ1n) is 6.16. The second kappa shape index (κ2) is 6.01. The number of carbonyl (C=O) groups is 1. The molecular formula is C15H14ClFN2O. The highest BCUT2D eigenvalue weighted by Crippen LogP contribution is 2.18. The predicted molar refractivity (Wildman–Crippen MR) is 76.3 cm³/mol. The molecule has 1 N–H and O–H groups in total. The molecule has 20 heavy (non-hydrogen) atoms. The highest BCUT2D eigenvalue weighted by Gasteiger charge is 2.15. The minimum Gasteiger partial charge on any atom is -0.345 e. The number of nitrogens with zero attached hydrogens (tertiary/aromatic N) is 1. The van der Waals surface area contributed by atoms with Gasteiger partial charge in [0.1, 0.15) is 11.0 Å². The van der Waals surface area contributed by atoms with Crippen LogP contribution in [0.2, 0.25) is 5.15 Å². The molecule has 5 heteroatoms. The van der Waals surface area contributed by atoms with Gasteiger partial charge in [-0.2, -0.15) is 0 Å². The molecule has 1 amide bonds. The van der Waals surface area contributed by atoms with E-state index >= 15 is 0 Å². The fraction of sp³-hybridized carbons (Fsp3) is 0.200. The topological polar surface area (TPSA) is 42.0 Å². The Morgan fingerprint density at radius 3 is 2.80 bits per heavy atom. The Morgan fingerprint density at radius 1 is 1.40 bits per heavy atom. The highest BCUT2D eigenvalue weighted by molar-refractivity contribution is 6.32. The predicted octanol–water partition coefficient (Wildman–Crippen LogP) is 3.67. The third-order valence-electron chi connectivity index (χ3n) is 3.05. The van der Waals surface area contributed by atoms with Crippen molar-refractivity contribution in [3.8, 4) is 0 Å². The molecule has 0 spiro atoms. The van der Waals surface area contributed by atoms with E-state index in [1.54, 1.807) is 38.1 Å². The number of hydrogen-bond acceptors (Lipinski definition) is 2. The number of rotatable bonds is 3. The van der Waals surface area contributed by atoms with Gasteiger partial charge in [0.15, 0.2) is 0 Å². The van der Waals surface area contributed by atoms with E-state index in [0.29, 0.717) is 16.7 Å². The minimum atomic E-state index is -0.336. The zero-order chi connectivity index (χ0) is 14.7. The lowest BCUT2D eigenvalue weighted by molar-refractivity contribution is 0.0939. The van der Waals surface area contributed by atoms with Crippen molar-refractivity contribution in [3.05, 3.63) is 64.2 Å². The SMILES string of the molecule is Cc1ccc(C(C)NC(=O)c2cccnc2Cl)cc1F. The fourth-order valence-corrected chi connectivity index (χ4v) is 2.00. The third-order valence-corrected chi connectivity index (χ3v) is 3.35. The zero-order valence-corrected chi connectivity index (χ0v) is 11.9. The quantitative estimate of drug-likeness (QED) is 0.877. The summed E-state index contributed by atoms with van der Waals surface area (Å²) in [7, 11) is 0. The molecule has 2 aromatic rings. The Morgan fingerprint density at radius 2 is 2.15 bits per heavy atom. The van der Waals surface area contributed by atoms with Gasteiger partial charge in [-0.1, -0.05) is 23.7 Å². The molecular weight excluding hydrogens is 279 g/mol. The number of benzene rings is 1. The van der Waals surface area contributed by atoms with Crippen LogP contribution in [0.1, 0.15) is 34.5 Å². The van der Waals surface area contributed by atoms with Gasteiger partial charge in [-0.15, -0.1) is 0 Å². The molecule has 0 aliphatic carbocycles. The van der Waals surface area contributed by atoms with E-state index in [9.17, 15) is 9.18 Å². The lowest BCUT2D eigenvalue weighted by Gasteiger charge is -2.15. The number of amides is 1. The summed E-state index contributed by atoms with van der Waals surface area (Å²) >= 11 is 5.86. The van der Waals surface area contributed by atoms with Gasteiger partial charge in [0.25, 0.3) is 5.91 Å². The average Bonchev–Trinajstić information content (AvgIpc) is 2.42. The summed E-state index contributed by atoms with van der Waals surface area (Å²) in [5.41, 5.74) is 1.57. The molecule has 0 bridgehead atoms. The number of carbonyl (C=O) groups excluding carboxylic acids is 1. The standard InChI is InChI=1S/C15H14ClFN2O/c1-9-5-6-11(8-13(9)17)10(2)19-15(20)12-4-3-7-18-14(12)16/h3-8,10H,1-2H3,(H,19,20). The Bertz CT molecular complexity index is 646. The molecule has 0 aliphatic rings. The van der Waals surface area contributed by atoms with Gasteiger partial charge in [-0.05, 0) is 43.2 Å². The molecule has 0 aliphatic heterocycles. The van der Waals surface area contributed by atoms with Gasteiger partial charge >= 0.3 is 0 Å².